The van der Waals surface area contributed by atoms with Crippen LogP contribution in [-0.2, 0) is 0 Å². The fourth-order valence-electron chi connectivity index (χ4n) is 0.885. The summed E-state index contributed by atoms with van der Waals surface area (Å²) in [5, 5.41) is 0. The van der Waals surface area contributed by atoms with Crippen molar-refractivity contribution in [2.45, 2.75) is 33.6 Å². The number of rotatable bonds is 5. The van der Waals surface area contributed by atoms with Gasteiger partial charge in [0.25, 0.3) is 0 Å². The molecule has 0 aliphatic rings. The first-order valence-corrected chi connectivity index (χ1v) is 4.46. The summed E-state index contributed by atoms with van der Waals surface area (Å²) in [5.41, 5.74) is 0. The molecule has 0 aromatic heterocycles. The highest BCUT2D eigenvalue weighted by Gasteiger charge is 2.04. The molecular formula is C11H20. The van der Waals surface area contributed by atoms with Crippen molar-refractivity contribution in [2.75, 3.05) is 0 Å². The van der Waals surface area contributed by atoms with Crippen molar-refractivity contribution < 1.29 is 0 Å². The van der Waals surface area contributed by atoms with Crippen LogP contribution in [0.15, 0.2) is 24.8 Å². The van der Waals surface area contributed by atoms with Gasteiger partial charge in [0.2, 0.25) is 0 Å². The third kappa shape index (κ3) is 5.90. The van der Waals surface area contributed by atoms with E-state index in [1.807, 2.05) is 12.2 Å². The quantitative estimate of drug-likeness (QED) is 0.526. The molecule has 0 heterocycles. The van der Waals surface area contributed by atoms with Crippen molar-refractivity contribution in [2.24, 2.45) is 11.8 Å². The van der Waals surface area contributed by atoms with Gasteiger partial charge in [-0.2, -0.15) is 0 Å². The maximum atomic E-state index is 3.63. The van der Waals surface area contributed by atoms with Gasteiger partial charge >= 0.3 is 0 Å². The smallest absolute Gasteiger partial charge is 0.0345 e. The minimum absolute atomic E-state index is 0.812. The van der Waals surface area contributed by atoms with E-state index in [1.54, 1.807) is 0 Å². The molecule has 0 saturated carbocycles. The monoisotopic (exact) mass is 152 g/mol. The predicted molar refractivity (Wildman–Crippen MR) is 52.6 cm³/mol. The number of allylic oxidation sites excluding steroid dienone is 3. The molecule has 0 nitrogen and oxygen atoms in total. The van der Waals surface area contributed by atoms with E-state index in [0.717, 1.165) is 11.8 Å². The molecule has 0 aromatic rings. The Bertz CT molecular complexity index is 120. The molecule has 0 aliphatic heterocycles. The number of hydrogen-bond donors (Lipinski definition) is 0. The second-order valence-electron chi connectivity index (χ2n) is 3.46. The van der Waals surface area contributed by atoms with Gasteiger partial charge in [-0.25, -0.2) is 0 Å². The fourth-order valence-corrected chi connectivity index (χ4v) is 0.885. The van der Waals surface area contributed by atoms with Crippen molar-refractivity contribution in [3.05, 3.63) is 24.8 Å². The van der Waals surface area contributed by atoms with Gasteiger partial charge in [0.15, 0.2) is 0 Å². The molecule has 0 spiro atoms. The zero-order valence-corrected chi connectivity index (χ0v) is 8.01. The summed E-state index contributed by atoms with van der Waals surface area (Å²) in [5.74, 6) is 1.65. The van der Waals surface area contributed by atoms with Crippen LogP contribution < -0.4 is 0 Å². The van der Waals surface area contributed by atoms with Crippen molar-refractivity contribution >= 4 is 0 Å². The van der Waals surface area contributed by atoms with Gasteiger partial charge in [0.05, 0.1) is 0 Å². The normalized spacial score (nSPS) is 14.2. The van der Waals surface area contributed by atoms with E-state index in [2.05, 4.69) is 33.4 Å². The summed E-state index contributed by atoms with van der Waals surface area (Å²) in [4.78, 5) is 0. The van der Waals surface area contributed by atoms with Gasteiger partial charge < -0.3 is 0 Å². The van der Waals surface area contributed by atoms with E-state index in [9.17, 15) is 0 Å². The van der Waals surface area contributed by atoms with Gasteiger partial charge in [0, 0.05) is 0 Å². The molecule has 0 heteroatoms. The van der Waals surface area contributed by atoms with Crippen LogP contribution in [0.4, 0.5) is 0 Å². The largest absolute Gasteiger partial charge is 0.0991 e. The Morgan fingerprint density at radius 2 is 1.91 bits per heavy atom. The van der Waals surface area contributed by atoms with Crippen molar-refractivity contribution in [1.82, 2.24) is 0 Å². The van der Waals surface area contributed by atoms with Crippen molar-refractivity contribution in [3.8, 4) is 0 Å². The van der Waals surface area contributed by atoms with Crippen molar-refractivity contribution in [3.63, 3.8) is 0 Å². The third-order valence-corrected chi connectivity index (χ3v) is 2.20. The fraction of sp³-hybridized carbons (Fsp3) is 0.636. The van der Waals surface area contributed by atoms with E-state index < -0.39 is 0 Å². The molecule has 1 unspecified atom stereocenters. The molecule has 0 N–H and O–H groups in total. The van der Waals surface area contributed by atoms with Gasteiger partial charge in [-0.05, 0) is 24.7 Å². The van der Waals surface area contributed by atoms with E-state index >= 15 is 0 Å². The number of hydrogen-bond acceptors (Lipinski definition) is 0. The highest BCUT2D eigenvalue weighted by molar-refractivity contribution is 4.96. The standard InChI is InChI=1S/C11H20/c1-5-6-7-8-9-11(4)10(2)3/h5-7,10-11H,1,8-9H2,2-4H3. The Kier molecular flexibility index (Phi) is 5.91. The summed E-state index contributed by atoms with van der Waals surface area (Å²) in [6, 6.07) is 0. The Morgan fingerprint density at radius 1 is 1.27 bits per heavy atom. The summed E-state index contributed by atoms with van der Waals surface area (Å²) in [6.45, 7) is 10.5. The lowest BCUT2D eigenvalue weighted by atomic mass is 9.93. The Balaban J connectivity index is 3.38. The summed E-state index contributed by atoms with van der Waals surface area (Å²) in [7, 11) is 0. The molecule has 0 bridgehead atoms. The molecule has 0 saturated heterocycles. The maximum Gasteiger partial charge on any atom is -0.0345 e. The van der Waals surface area contributed by atoms with E-state index in [1.165, 1.54) is 12.8 Å². The Labute approximate surface area is 71.0 Å². The molecule has 11 heavy (non-hydrogen) atoms. The highest BCUT2D eigenvalue weighted by Crippen LogP contribution is 2.15. The average molecular weight is 152 g/mol. The summed E-state index contributed by atoms with van der Waals surface area (Å²) in [6.07, 6.45) is 8.52. The minimum atomic E-state index is 0.812. The Hall–Kier alpha value is -0.520. The topological polar surface area (TPSA) is 0 Å². The SMILES string of the molecule is C=CC=CCCC(C)C(C)C. The minimum Gasteiger partial charge on any atom is -0.0991 e. The van der Waals surface area contributed by atoms with E-state index in [4.69, 9.17) is 0 Å². The van der Waals surface area contributed by atoms with Gasteiger partial charge in [0.1, 0.15) is 0 Å². The highest BCUT2D eigenvalue weighted by atomic mass is 14.1. The van der Waals surface area contributed by atoms with Gasteiger partial charge in [-0.3, -0.25) is 0 Å². The molecule has 64 valence electrons. The summed E-state index contributed by atoms with van der Waals surface area (Å²) >= 11 is 0. The van der Waals surface area contributed by atoms with Gasteiger partial charge in [-0.15, -0.1) is 0 Å². The lowest BCUT2D eigenvalue weighted by Crippen LogP contribution is -2.02. The van der Waals surface area contributed by atoms with Crippen LogP contribution in [0.25, 0.3) is 0 Å². The second-order valence-corrected chi connectivity index (χ2v) is 3.46. The molecular weight excluding hydrogens is 132 g/mol. The lowest BCUT2D eigenvalue weighted by Gasteiger charge is -2.13. The Morgan fingerprint density at radius 3 is 2.36 bits per heavy atom. The molecule has 0 amide bonds. The molecule has 1 atom stereocenters. The second kappa shape index (κ2) is 6.21. The van der Waals surface area contributed by atoms with Crippen LogP contribution in [-0.4, -0.2) is 0 Å². The maximum absolute atomic E-state index is 3.63. The van der Waals surface area contributed by atoms with Crippen LogP contribution in [0.1, 0.15) is 33.6 Å². The molecule has 0 rings (SSSR count). The van der Waals surface area contributed by atoms with Gasteiger partial charge in [-0.1, -0.05) is 45.6 Å². The molecule has 0 aliphatic carbocycles. The summed E-state index contributed by atoms with van der Waals surface area (Å²) < 4.78 is 0. The molecule has 0 aromatic carbocycles. The third-order valence-electron chi connectivity index (χ3n) is 2.20. The lowest BCUT2D eigenvalue weighted by molar-refractivity contribution is 0.395. The zero-order chi connectivity index (χ0) is 8.69. The molecule has 0 radical (unpaired) electrons. The van der Waals surface area contributed by atoms with Crippen LogP contribution >= 0.6 is 0 Å². The van der Waals surface area contributed by atoms with Crippen molar-refractivity contribution in [1.29, 1.82) is 0 Å². The zero-order valence-electron chi connectivity index (χ0n) is 8.01. The van der Waals surface area contributed by atoms with Crippen LogP contribution in [0, 0.1) is 11.8 Å². The first kappa shape index (κ1) is 10.5. The van der Waals surface area contributed by atoms with Crippen LogP contribution in [0.2, 0.25) is 0 Å². The first-order valence-electron chi connectivity index (χ1n) is 4.46. The van der Waals surface area contributed by atoms with E-state index in [-0.39, 0.29) is 0 Å². The predicted octanol–water partition coefficient (Wildman–Crippen LogP) is 3.80. The first-order chi connectivity index (χ1) is 5.18. The average Bonchev–Trinajstić information content (AvgIpc) is 1.97. The van der Waals surface area contributed by atoms with E-state index in [0.29, 0.717) is 0 Å². The van der Waals surface area contributed by atoms with Crippen LogP contribution in [0.3, 0.4) is 0 Å². The molecule has 0 fully saturated rings. The van der Waals surface area contributed by atoms with Crippen LogP contribution in [0.5, 0.6) is 0 Å².